The van der Waals surface area contributed by atoms with Gasteiger partial charge in [0.2, 0.25) is 0 Å². The van der Waals surface area contributed by atoms with Crippen LogP contribution < -0.4 is 0 Å². The van der Waals surface area contributed by atoms with Crippen LogP contribution in [0.15, 0.2) is 22.8 Å². The fourth-order valence-corrected chi connectivity index (χ4v) is 2.24. The number of carbonyl (C=O) groups is 1. The van der Waals surface area contributed by atoms with Gasteiger partial charge >= 0.3 is 0 Å². The maximum atomic E-state index is 11.1. The molecule has 0 aromatic carbocycles. The van der Waals surface area contributed by atoms with Crippen molar-refractivity contribution in [1.82, 2.24) is 9.38 Å². The number of carbonyl (C=O) groups excluding carboxylic acids is 1. The first kappa shape index (κ1) is 10.6. The van der Waals surface area contributed by atoms with E-state index in [1.54, 1.807) is 10.5 Å². The van der Waals surface area contributed by atoms with Crippen molar-refractivity contribution in [2.75, 3.05) is 0 Å². The topological polar surface area (TPSA) is 34.4 Å². The van der Waals surface area contributed by atoms with E-state index in [4.69, 9.17) is 11.6 Å². The average molecular weight is 288 g/mol. The van der Waals surface area contributed by atoms with Crippen LogP contribution in [0.5, 0.6) is 0 Å². The average Bonchev–Trinajstić information content (AvgIpc) is 2.44. The van der Waals surface area contributed by atoms with Crippen LogP contribution in [0.4, 0.5) is 0 Å². The van der Waals surface area contributed by atoms with Gasteiger partial charge in [0.25, 0.3) is 0 Å². The highest BCUT2D eigenvalue weighted by Gasteiger charge is 2.12. The lowest BCUT2D eigenvalue weighted by molar-refractivity contribution is -0.116. The summed E-state index contributed by atoms with van der Waals surface area (Å²) in [5.41, 5.74) is 0.874. The molecular formula is C10H8BrClN2O. The minimum absolute atomic E-state index is 0.0642. The lowest BCUT2D eigenvalue weighted by Crippen LogP contribution is -2.02. The number of hydrogen-bond acceptors (Lipinski definition) is 2. The Labute approximate surface area is 100 Å². The molecule has 78 valence electrons. The Morgan fingerprint density at radius 1 is 1.60 bits per heavy atom. The van der Waals surface area contributed by atoms with Gasteiger partial charge in [0.15, 0.2) is 0 Å². The Hall–Kier alpha value is -0.870. The van der Waals surface area contributed by atoms with Crippen LogP contribution in [0.2, 0.25) is 5.15 Å². The number of imidazole rings is 1. The van der Waals surface area contributed by atoms with Gasteiger partial charge in [-0.3, -0.25) is 9.20 Å². The van der Waals surface area contributed by atoms with E-state index in [0.717, 1.165) is 5.52 Å². The number of halogens is 2. The van der Waals surface area contributed by atoms with Gasteiger partial charge in [-0.1, -0.05) is 17.7 Å². The highest BCUT2D eigenvalue weighted by Crippen LogP contribution is 2.23. The fourth-order valence-electron chi connectivity index (χ4n) is 1.47. The SMILES string of the molecule is CC(=O)Cc1nc(Br)c2cccc(Cl)n12. The van der Waals surface area contributed by atoms with Crippen LogP contribution in [-0.2, 0) is 11.2 Å². The van der Waals surface area contributed by atoms with Crippen LogP contribution in [0.3, 0.4) is 0 Å². The number of ketones is 1. The van der Waals surface area contributed by atoms with Crippen molar-refractivity contribution in [3.8, 4) is 0 Å². The zero-order valence-electron chi connectivity index (χ0n) is 8.00. The molecule has 0 fully saturated rings. The van der Waals surface area contributed by atoms with Gasteiger partial charge in [0.1, 0.15) is 21.4 Å². The quantitative estimate of drug-likeness (QED) is 0.796. The Kier molecular flexibility index (Phi) is 2.80. The molecule has 0 radical (unpaired) electrons. The largest absolute Gasteiger partial charge is 0.300 e. The molecule has 0 saturated heterocycles. The summed E-state index contributed by atoms with van der Waals surface area (Å²) in [5.74, 6) is 0.726. The number of hydrogen-bond donors (Lipinski definition) is 0. The number of fused-ring (bicyclic) bond motifs is 1. The first-order valence-electron chi connectivity index (χ1n) is 4.40. The van der Waals surface area contributed by atoms with Crippen molar-refractivity contribution in [3.63, 3.8) is 0 Å². The van der Waals surface area contributed by atoms with E-state index < -0.39 is 0 Å². The molecule has 2 aromatic heterocycles. The van der Waals surface area contributed by atoms with E-state index in [-0.39, 0.29) is 12.2 Å². The number of pyridine rings is 1. The molecule has 0 bridgehead atoms. The third-order valence-electron chi connectivity index (χ3n) is 2.05. The fraction of sp³-hybridized carbons (Fsp3) is 0.200. The lowest BCUT2D eigenvalue weighted by Gasteiger charge is -2.00. The first-order valence-corrected chi connectivity index (χ1v) is 5.57. The Morgan fingerprint density at radius 3 is 3.00 bits per heavy atom. The van der Waals surface area contributed by atoms with Gasteiger partial charge in [0, 0.05) is 0 Å². The van der Waals surface area contributed by atoms with Crippen molar-refractivity contribution < 1.29 is 4.79 Å². The van der Waals surface area contributed by atoms with Crippen LogP contribution in [0, 0.1) is 0 Å². The minimum atomic E-state index is 0.0642. The summed E-state index contributed by atoms with van der Waals surface area (Å²) in [6.07, 6.45) is 0.288. The molecule has 2 heterocycles. The molecule has 0 saturated carbocycles. The third-order valence-corrected chi connectivity index (χ3v) is 2.92. The number of nitrogens with zero attached hydrogens (tertiary/aromatic N) is 2. The normalized spacial score (nSPS) is 10.9. The van der Waals surface area contributed by atoms with Gasteiger partial charge in [-0.15, -0.1) is 0 Å². The minimum Gasteiger partial charge on any atom is -0.300 e. The molecule has 0 aliphatic heterocycles. The molecule has 0 aliphatic carbocycles. The summed E-state index contributed by atoms with van der Waals surface area (Å²) < 4.78 is 2.48. The Morgan fingerprint density at radius 2 is 2.33 bits per heavy atom. The van der Waals surface area contributed by atoms with E-state index in [1.807, 2.05) is 12.1 Å². The van der Waals surface area contributed by atoms with E-state index >= 15 is 0 Å². The zero-order chi connectivity index (χ0) is 11.0. The highest BCUT2D eigenvalue weighted by molar-refractivity contribution is 9.10. The molecule has 0 aliphatic rings. The number of aromatic nitrogens is 2. The molecule has 2 rings (SSSR count). The van der Waals surface area contributed by atoms with Gasteiger partial charge in [0.05, 0.1) is 11.9 Å². The maximum Gasteiger partial charge on any atom is 0.137 e. The van der Waals surface area contributed by atoms with Crippen molar-refractivity contribution in [2.24, 2.45) is 0 Å². The first-order chi connectivity index (χ1) is 7.09. The van der Waals surface area contributed by atoms with Crippen LogP contribution in [0.1, 0.15) is 12.7 Å². The van der Waals surface area contributed by atoms with Gasteiger partial charge in [-0.2, -0.15) is 0 Å². The van der Waals surface area contributed by atoms with Gasteiger partial charge in [-0.25, -0.2) is 4.98 Å². The van der Waals surface area contributed by atoms with Crippen LogP contribution >= 0.6 is 27.5 Å². The summed E-state index contributed by atoms with van der Waals surface area (Å²) >= 11 is 9.39. The number of Topliss-reactive ketones (excluding diaryl/α,β-unsaturated/α-hetero) is 1. The molecule has 0 unspecified atom stereocenters. The van der Waals surface area contributed by atoms with Crippen molar-refractivity contribution >= 4 is 38.8 Å². The molecule has 3 nitrogen and oxygen atoms in total. The second kappa shape index (κ2) is 3.94. The smallest absolute Gasteiger partial charge is 0.137 e. The molecular weight excluding hydrogens is 279 g/mol. The summed E-state index contributed by atoms with van der Waals surface area (Å²) in [7, 11) is 0. The van der Waals surface area contributed by atoms with Gasteiger partial charge in [-0.05, 0) is 35.0 Å². The number of rotatable bonds is 2. The summed E-state index contributed by atoms with van der Waals surface area (Å²) in [4.78, 5) is 15.3. The predicted molar refractivity (Wildman–Crippen MR) is 62.3 cm³/mol. The third kappa shape index (κ3) is 1.92. The van der Waals surface area contributed by atoms with E-state index in [9.17, 15) is 4.79 Å². The zero-order valence-corrected chi connectivity index (χ0v) is 10.3. The van der Waals surface area contributed by atoms with Crippen molar-refractivity contribution in [1.29, 1.82) is 0 Å². The predicted octanol–water partition coefficient (Wildman–Crippen LogP) is 2.88. The molecule has 2 aromatic rings. The summed E-state index contributed by atoms with van der Waals surface area (Å²) in [5, 5.41) is 0.557. The molecule has 5 heteroatoms. The van der Waals surface area contributed by atoms with E-state index in [2.05, 4.69) is 20.9 Å². The van der Waals surface area contributed by atoms with Gasteiger partial charge < -0.3 is 0 Å². The summed E-state index contributed by atoms with van der Waals surface area (Å²) in [6, 6.07) is 5.51. The van der Waals surface area contributed by atoms with Crippen molar-refractivity contribution in [3.05, 3.63) is 33.8 Å². The second-order valence-corrected chi connectivity index (χ2v) is 4.41. The van der Waals surface area contributed by atoms with Crippen LogP contribution in [-0.4, -0.2) is 15.2 Å². The van der Waals surface area contributed by atoms with Crippen molar-refractivity contribution in [2.45, 2.75) is 13.3 Å². The van der Waals surface area contributed by atoms with Crippen LogP contribution in [0.25, 0.3) is 5.52 Å². The summed E-state index contributed by atoms with van der Waals surface area (Å²) in [6.45, 7) is 1.53. The molecule has 0 spiro atoms. The molecule has 0 amide bonds. The standard InChI is InChI=1S/C10H8BrClN2O/c1-6(15)5-9-13-10(11)7-3-2-4-8(12)14(7)9/h2-4H,5H2,1H3. The Balaban J connectivity index is 2.70. The molecule has 0 N–H and O–H groups in total. The lowest BCUT2D eigenvalue weighted by atomic mass is 10.3. The second-order valence-electron chi connectivity index (χ2n) is 3.27. The van der Waals surface area contributed by atoms with E-state index in [1.165, 1.54) is 6.92 Å². The monoisotopic (exact) mass is 286 g/mol. The Bertz CT molecular complexity index is 535. The maximum absolute atomic E-state index is 11.1. The highest BCUT2D eigenvalue weighted by atomic mass is 79.9. The van der Waals surface area contributed by atoms with E-state index in [0.29, 0.717) is 15.6 Å². The molecule has 15 heavy (non-hydrogen) atoms. The molecule has 0 atom stereocenters.